The highest BCUT2D eigenvalue weighted by atomic mass is 79.9. The fraction of sp³-hybridized carbons (Fsp3) is 0. The summed E-state index contributed by atoms with van der Waals surface area (Å²) < 4.78 is 1.96. The minimum absolute atomic E-state index is 0.147. The topological polar surface area (TPSA) is 29.1 Å². The molecule has 5 heteroatoms. The fourth-order valence-corrected chi connectivity index (χ4v) is 3.35. The van der Waals surface area contributed by atoms with Crippen LogP contribution >= 0.6 is 38.9 Å². The number of anilines is 1. The summed E-state index contributed by atoms with van der Waals surface area (Å²) in [6.07, 6.45) is 0. The first-order valence-electron chi connectivity index (χ1n) is 5.88. The van der Waals surface area contributed by atoms with Crippen LogP contribution in [0.2, 0.25) is 5.02 Å². The minimum Gasteiger partial charge on any atom is -0.320 e. The van der Waals surface area contributed by atoms with Crippen LogP contribution in [-0.4, -0.2) is 5.91 Å². The van der Waals surface area contributed by atoms with E-state index in [1.807, 2.05) is 36.4 Å². The maximum Gasteiger partial charge on any atom is 0.265 e. The molecule has 0 aliphatic carbocycles. The molecule has 2 nitrogen and oxygen atoms in total. The van der Waals surface area contributed by atoms with Gasteiger partial charge in [0.1, 0.15) is 0 Å². The molecule has 2 aromatic carbocycles. The Bertz CT molecular complexity index is 766. The monoisotopic (exact) mass is 365 g/mol. The van der Waals surface area contributed by atoms with E-state index in [2.05, 4.69) is 21.2 Å². The summed E-state index contributed by atoms with van der Waals surface area (Å²) in [6, 6.07) is 15.2. The van der Waals surface area contributed by atoms with Crippen molar-refractivity contribution in [3.8, 4) is 0 Å². The molecule has 0 fully saturated rings. The van der Waals surface area contributed by atoms with E-state index in [0.29, 0.717) is 15.6 Å². The Morgan fingerprint density at radius 3 is 2.75 bits per heavy atom. The van der Waals surface area contributed by atoms with Gasteiger partial charge in [0, 0.05) is 9.17 Å². The van der Waals surface area contributed by atoms with E-state index in [9.17, 15) is 4.79 Å². The summed E-state index contributed by atoms with van der Waals surface area (Å²) in [7, 11) is 0. The molecule has 100 valence electrons. The maximum atomic E-state index is 12.3. The van der Waals surface area contributed by atoms with Gasteiger partial charge in [-0.05, 0) is 35.7 Å². The van der Waals surface area contributed by atoms with Gasteiger partial charge in [0.2, 0.25) is 0 Å². The van der Waals surface area contributed by atoms with Gasteiger partial charge in [-0.3, -0.25) is 4.79 Å². The van der Waals surface area contributed by atoms with Gasteiger partial charge in [-0.25, -0.2) is 0 Å². The fourth-order valence-electron chi connectivity index (χ4n) is 1.87. The van der Waals surface area contributed by atoms with Crippen molar-refractivity contribution in [1.82, 2.24) is 0 Å². The van der Waals surface area contributed by atoms with Crippen LogP contribution in [0.15, 0.2) is 53.0 Å². The van der Waals surface area contributed by atoms with Crippen molar-refractivity contribution < 1.29 is 4.79 Å². The first-order valence-corrected chi connectivity index (χ1v) is 7.87. The van der Waals surface area contributed by atoms with Crippen molar-refractivity contribution in [2.45, 2.75) is 0 Å². The number of rotatable bonds is 2. The van der Waals surface area contributed by atoms with E-state index >= 15 is 0 Å². The van der Waals surface area contributed by atoms with Crippen LogP contribution < -0.4 is 5.32 Å². The number of hydrogen-bond acceptors (Lipinski definition) is 2. The smallest absolute Gasteiger partial charge is 0.265 e. The zero-order valence-corrected chi connectivity index (χ0v) is 13.3. The Morgan fingerprint density at radius 2 is 1.95 bits per heavy atom. The second-order valence-corrected chi connectivity index (χ2v) is 6.63. The number of halogens is 2. The molecule has 0 aliphatic heterocycles. The molecule has 0 spiro atoms. The molecule has 3 aromatic rings. The molecule has 0 atom stereocenters. The number of amides is 1. The molecule has 0 radical (unpaired) electrons. The summed E-state index contributed by atoms with van der Waals surface area (Å²) in [5.41, 5.74) is 0.600. The lowest BCUT2D eigenvalue weighted by molar-refractivity contribution is 0.103. The number of nitrogens with one attached hydrogen (secondary N) is 1. The highest BCUT2D eigenvalue weighted by Crippen LogP contribution is 2.29. The lowest BCUT2D eigenvalue weighted by Crippen LogP contribution is -2.10. The van der Waals surface area contributed by atoms with E-state index in [1.165, 1.54) is 11.3 Å². The van der Waals surface area contributed by atoms with Gasteiger partial charge < -0.3 is 5.32 Å². The molecule has 20 heavy (non-hydrogen) atoms. The summed E-state index contributed by atoms with van der Waals surface area (Å²) in [5.74, 6) is -0.147. The molecular formula is C15H9BrClNOS. The van der Waals surface area contributed by atoms with Gasteiger partial charge in [0.25, 0.3) is 5.91 Å². The number of benzene rings is 2. The third kappa shape index (κ3) is 2.73. The molecule has 0 unspecified atom stereocenters. The Labute approximate surface area is 133 Å². The van der Waals surface area contributed by atoms with Crippen molar-refractivity contribution in [1.29, 1.82) is 0 Å². The first-order chi connectivity index (χ1) is 9.63. The van der Waals surface area contributed by atoms with E-state index < -0.39 is 0 Å². The van der Waals surface area contributed by atoms with Crippen molar-refractivity contribution >= 4 is 60.5 Å². The summed E-state index contributed by atoms with van der Waals surface area (Å²) in [6.45, 7) is 0. The normalized spacial score (nSPS) is 10.7. The molecule has 3 rings (SSSR count). The third-order valence-corrected chi connectivity index (χ3v) is 4.76. The third-order valence-electron chi connectivity index (χ3n) is 2.83. The number of carbonyl (C=O) groups is 1. The van der Waals surface area contributed by atoms with E-state index in [1.54, 1.807) is 12.1 Å². The van der Waals surface area contributed by atoms with E-state index in [0.717, 1.165) is 14.6 Å². The second kappa shape index (κ2) is 5.56. The number of fused-ring (bicyclic) bond motifs is 1. The van der Waals surface area contributed by atoms with Crippen molar-refractivity contribution in [3.05, 3.63) is 62.9 Å². The zero-order chi connectivity index (χ0) is 14.1. The van der Waals surface area contributed by atoms with Crippen LogP contribution in [0, 0.1) is 0 Å². The van der Waals surface area contributed by atoms with Gasteiger partial charge in [-0.1, -0.05) is 45.7 Å². The van der Waals surface area contributed by atoms with Crippen molar-refractivity contribution in [2.24, 2.45) is 0 Å². The summed E-state index contributed by atoms with van der Waals surface area (Å²) in [4.78, 5) is 12.9. The average Bonchev–Trinajstić information content (AvgIpc) is 2.87. The predicted octanol–water partition coefficient (Wildman–Crippen LogP) is 5.57. The molecule has 1 N–H and O–H groups in total. The molecule has 1 aromatic heterocycles. The Morgan fingerprint density at radius 1 is 1.15 bits per heavy atom. The van der Waals surface area contributed by atoms with E-state index in [4.69, 9.17) is 11.6 Å². The summed E-state index contributed by atoms with van der Waals surface area (Å²) in [5, 5.41) is 4.43. The van der Waals surface area contributed by atoms with Crippen LogP contribution in [0.3, 0.4) is 0 Å². The minimum atomic E-state index is -0.147. The first kappa shape index (κ1) is 13.6. The summed E-state index contributed by atoms with van der Waals surface area (Å²) >= 11 is 10.9. The molecular weight excluding hydrogens is 358 g/mol. The van der Waals surface area contributed by atoms with Crippen LogP contribution in [0.5, 0.6) is 0 Å². The molecule has 0 aliphatic rings. The van der Waals surface area contributed by atoms with Gasteiger partial charge in [-0.2, -0.15) is 0 Å². The Kier molecular flexibility index (Phi) is 3.78. The standard InChI is InChI=1S/C15H9BrClNOS/c16-10-5-6-11(17)12(8-10)18-15(19)14-7-9-3-1-2-4-13(9)20-14/h1-8H,(H,18,19). The zero-order valence-electron chi connectivity index (χ0n) is 10.2. The lowest BCUT2D eigenvalue weighted by Gasteiger charge is -2.06. The SMILES string of the molecule is O=C(Nc1cc(Br)ccc1Cl)c1cc2ccccc2s1. The number of thiophene rings is 1. The molecule has 0 saturated carbocycles. The average molecular weight is 367 g/mol. The van der Waals surface area contributed by atoms with Crippen LogP contribution in [0.25, 0.3) is 10.1 Å². The van der Waals surface area contributed by atoms with E-state index in [-0.39, 0.29) is 5.91 Å². The predicted molar refractivity (Wildman–Crippen MR) is 88.9 cm³/mol. The molecule has 1 heterocycles. The Hall–Kier alpha value is -1.36. The van der Waals surface area contributed by atoms with Crippen molar-refractivity contribution in [3.63, 3.8) is 0 Å². The Balaban J connectivity index is 1.90. The lowest BCUT2D eigenvalue weighted by atomic mass is 10.2. The van der Waals surface area contributed by atoms with Gasteiger partial charge in [0.05, 0.1) is 15.6 Å². The van der Waals surface area contributed by atoms with Gasteiger partial charge >= 0.3 is 0 Å². The van der Waals surface area contributed by atoms with Crippen LogP contribution in [-0.2, 0) is 0 Å². The molecule has 0 saturated heterocycles. The quantitative estimate of drug-likeness (QED) is 0.631. The largest absolute Gasteiger partial charge is 0.320 e. The van der Waals surface area contributed by atoms with Crippen molar-refractivity contribution in [2.75, 3.05) is 5.32 Å². The maximum absolute atomic E-state index is 12.3. The number of hydrogen-bond donors (Lipinski definition) is 1. The second-order valence-electron chi connectivity index (χ2n) is 4.23. The van der Waals surface area contributed by atoms with Crippen LogP contribution in [0.4, 0.5) is 5.69 Å². The number of carbonyl (C=O) groups excluding carboxylic acids is 1. The highest BCUT2D eigenvalue weighted by molar-refractivity contribution is 9.10. The molecule has 1 amide bonds. The highest BCUT2D eigenvalue weighted by Gasteiger charge is 2.12. The van der Waals surface area contributed by atoms with Gasteiger partial charge in [0.15, 0.2) is 0 Å². The van der Waals surface area contributed by atoms with Crippen LogP contribution in [0.1, 0.15) is 9.67 Å². The van der Waals surface area contributed by atoms with Gasteiger partial charge in [-0.15, -0.1) is 11.3 Å². The molecule has 0 bridgehead atoms.